The molecule has 2 nitrogen and oxygen atoms in total. The second-order valence-corrected chi connectivity index (χ2v) is 2.92. The number of hydrogen-bond donors (Lipinski definition) is 0. The van der Waals surface area contributed by atoms with E-state index in [0.717, 1.165) is 12.2 Å². The van der Waals surface area contributed by atoms with Crippen LogP contribution in [-0.2, 0) is 4.74 Å². The molecule has 44 valence electrons. The predicted molar refractivity (Wildman–Crippen MR) is 32.2 cm³/mol. The number of thioether (sulfide) groups is 1. The zero-order valence-corrected chi connectivity index (χ0v) is 5.28. The van der Waals surface area contributed by atoms with Crippen LogP contribution in [0.4, 0.5) is 0 Å². The standard InChI is InChI=1S/C5H7NOS/c6-4-7-5-2-1-3-8-5/h5H,1-3H2. The van der Waals surface area contributed by atoms with Crippen LogP contribution in [0.25, 0.3) is 0 Å². The molecule has 1 fully saturated rings. The SMILES string of the molecule is N#COC1CCCS1. The summed E-state index contributed by atoms with van der Waals surface area (Å²) in [5.41, 5.74) is 0.167. The van der Waals surface area contributed by atoms with Crippen molar-refractivity contribution in [2.75, 3.05) is 5.75 Å². The van der Waals surface area contributed by atoms with Gasteiger partial charge in [-0.3, -0.25) is 0 Å². The number of ether oxygens (including phenoxy) is 1. The van der Waals surface area contributed by atoms with Crippen LogP contribution in [0, 0.1) is 11.5 Å². The molecular formula is C5H7NOS. The molecule has 0 bridgehead atoms. The van der Waals surface area contributed by atoms with Gasteiger partial charge in [-0.2, -0.15) is 5.26 Å². The van der Waals surface area contributed by atoms with E-state index in [1.54, 1.807) is 18.0 Å². The van der Waals surface area contributed by atoms with Crippen LogP contribution in [0.5, 0.6) is 0 Å². The molecule has 0 amide bonds. The number of rotatable bonds is 1. The summed E-state index contributed by atoms with van der Waals surface area (Å²) in [6, 6.07) is 0. The topological polar surface area (TPSA) is 33.0 Å². The molecular weight excluding hydrogens is 122 g/mol. The predicted octanol–water partition coefficient (Wildman–Crippen LogP) is 1.34. The maximum Gasteiger partial charge on any atom is 0.287 e. The van der Waals surface area contributed by atoms with E-state index < -0.39 is 0 Å². The number of nitrogens with zero attached hydrogens (tertiary/aromatic N) is 1. The Morgan fingerprint density at radius 1 is 1.75 bits per heavy atom. The largest absolute Gasteiger partial charge is 0.413 e. The van der Waals surface area contributed by atoms with E-state index in [-0.39, 0.29) is 5.44 Å². The monoisotopic (exact) mass is 129 g/mol. The van der Waals surface area contributed by atoms with Crippen LogP contribution in [-0.4, -0.2) is 11.2 Å². The zero-order chi connectivity index (χ0) is 5.82. The second kappa shape index (κ2) is 2.83. The van der Waals surface area contributed by atoms with Crippen molar-refractivity contribution in [2.24, 2.45) is 0 Å². The number of nitriles is 1. The fourth-order valence-electron chi connectivity index (χ4n) is 0.700. The molecule has 0 aromatic carbocycles. The molecule has 1 saturated heterocycles. The Balaban J connectivity index is 2.17. The minimum atomic E-state index is 0.167. The fourth-order valence-corrected chi connectivity index (χ4v) is 1.74. The van der Waals surface area contributed by atoms with Gasteiger partial charge < -0.3 is 4.74 Å². The maximum absolute atomic E-state index is 8.04. The Kier molecular flexibility index (Phi) is 2.04. The Labute approximate surface area is 52.8 Å². The molecule has 0 radical (unpaired) electrons. The highest BCUT2D eigenvalue weighted by Crippen LogP contribution is 2.26. The average Bonchev–Trinajstić information content (AvgIpc) is 2.19. The summed E-state index contributed by atoms with van der Waals surface area (Å²) < 4.78 is 4.67. The third-order valence-electron chi connectivity index (χ3n) is 1.07. The normalized spacial score (nSPS) is 27.1. The van der Waals surface area contributed by atoms with Crippen molar-refractivity contribution in [3.05, 3.63) is 0 Å². The van der Waals surface area contributed by atoms with E-state index in [0.29, 0.717) is 0 Å². The van der Waals surface area contributed by atoms with Gasteiger partial charge >= 0.3 is 0 Å². The van der Waals surface area contributed by atoms with E-state index in [2.05, 4.69) is 4.74 Å². The van der Waals surface area contributed by atoms with Gasteiger partial charge in [0.2, 0.25) is 0 Å². The fraction of sp³-hybridized carbons (Fsp3) is 0.800. The van der Waals surface area contributed by atoms with Gasteiger partial charge in [-0.15, -0.1) is 11.8 Å². The van der Waals surface area contributed by atoms with Crippen LogP contribution in [0.1, 0.15) is 12.8 Å². The lowest BCUT2D eigenvalue weighted by molar-refractivity contribution is 0.239. The first-order valence-electron chi connectivity index (χ1n) is 2.60. The van der Waals surface area contributed by atoms with Gasteiger partial charge in [0.1, 0.15) is 0 Å². The van der Waals surface area contributed by atoms with Crippen molar-refractivity contribution < 1.29 is 4.74 Å². The Morgan fingerprint density at radius 2 is 2.62 bits per heavy atom. The Bertz CT molecular complexity index is 103. The molecule has 0 spiro atoms. The van der Waals surface area contributed by atoms with E-state index in [4.69, 9.17) is 5.26 Å². The van der Waals surface area contributed by atoms with Crippen molar-refractivity contribution in [1.82, 2.24) is 0 Å². The molecule has 1 aliphatic heterocycles. The van der Waals surface area contributed by atoms with E-state index >= 15 is 0 Å². The average molecular weight is 129 g/mol. The summed E-state index contributed by atoms with van der Waals surface area (Å²) in [6.45, 7) is 0. The summed E-state index contributed by atoms with van der Waals surface area (Å²) in [6.07, 6.45) is 3.92. The highest BCUT2D eigenvalue weighted by Gasteiger charge is 2.15. The van der Waals surface area contributed by atoms with E-state index in [1.807, 2.05) is 0 Å². The van der Waals surface area contributed by atoms with Crippen molar-refractivity contribution in [3.63, 3.8) is 0 Å². The minimum Gasteiger partial charge on any atom is -0.413 e. The molecule has 0 aromatic rings. The zero-order valence-electron chi connectivity index (χ0n) is 4.46. The van der Waals surface area contributed by atoms with E-state index in [1.165, 1.54) is 6.42 Å². The molecule has 1 atom stereocenters. The first-order valence-corrected chi connectivity index (χ1v) is 3.64. The lowest BCUT2D eigenvalue weighted by atomic mass is 10.4. The van der Waals surface area contributed by atoms with Crippen LogP contribution in [0.3, 0.4) is 0 Å². The second-order valence-electron chi connectivity index (χ2n) is 1.65. The van der Waals surface area contributed by atoms with Gasteiger partial charge in [-0.25, -0.2) is 0 Å². The van der Waals surface area contributed by atoms with Crippen LogP contribution >= 0.6 is 11.8 Å². The first-order chi connectivity index (χ1) is 3.93. The molecule has 0 aliphatic carbocycles. The Hall–Kier alpha value is -0.360. The number of hydrogen-bond acceptors (Lipinski definition) is 3. The summed E-state index contributed by atoms with van der Waals surface area (Å²) in [5.74, 6) is 1.15. The third-order valence-corrected chi connectivity index (χ3v) is 2.30. The molecule has 1 unspecified atom stereocenters. The summed E-state index contributed by atoms with van der Waals surface area (Å²) >= 11 is 1.72. The maximum atomic E-state index is 8.04. The van der Waals surface area contributed by atoms with Gasteiger partial charge in [0.25, 0.3) is 6.26 Å². The smallest absolute Gasteiger partial charge is 0.287 e. The van der Waals surface area contributed by atoms with Gasteiger partial charge in [0.15, 0.2) is 5.44 Å². The first kappa shape index (κ1) is 5.77. The molecule has 0 saturated carbocycles. The lowest BCUT2D eigenvalue weighted by Crippen LogP contribution is -1.96. The quantitative estimate of drug-likeness (QED) is 0.501. The summed E-state index contributed by atoms with van der Waals surface area (Å²) in [4.78, 5) is 0. The highest BCUT2D eigenvalue weighted by molar-refractivity contribution is 8.00. The van der Waals surface area contributed by atoms with Crippen LogP contribution < -0.4 is 0 Å². The molecule has 1 heterocycles. The minimum absolute atomic E-state index is 0.167. The van der Waals surface area contributed by atoms with Crippen molar-refractivity contribution in [2.45, 2.75) is 18.3 Å². The van der Waals surface area contributed by atoms with E-state index in [9.17, 15) is 0 Å². The van der Waals surface area contributed by atoms with Gasteiger partial charge in [0, 0.05) is 0 Å². The van der Waals surface area contributed by atoms with Gasteiger partial charge in [-0.1, -0.05) is 0 Å². The van der Waals surface area contributed by atoms with Crippen molar-refractivity contribution in [1.29, 1.82) is 5.26 Å². The van der Waals surface area contributed by atoms with Gasteiger partial charge in [0.05, 0.1) is 0 Å². The van der Waals surface area contributed by atoms with Gasteiger partial charge in [-0.05, 0) is 18.6 Å². The molecule has 0 N–H and O–H groups in total. The summed E-state index contributed by atoms with van der Waals surface area (Å²) in [7, 11) is 0. The molecule has 0 aromatic heterocycles. The van der Waals surface area contributed by atoms with Crippen molar-refractivity contribution >= 4 is 11.8 Å². The van der Waals surface area contributed by atoms with Crippen LogP contribution in [0.2, 0.25) is 0 Å². The van der Waals surface area contributed by atoms with Crippen LogP contribution in [0.15, 0.2) is 0 Å². The molecule has 3 heteroatoms. The molecule has 1 aliphatic rings. The Morgan fingerprint density at radius 3 is 3.12 bits per heavy atom. The van der Waals surface area contributed by atoms with Crippen molar-refractivity contribution in [3.8, 4) is 6.26 Å². The summed E-state index contributed by atoms with van der Waals surface area (Å²) in [5, 5.41) is 8.04. The third kappa shape index (κ3) is 1.31. The molecule has 8 heavy (non-hydrogen) atoms. The molecule has 1 rings (SSSR count). The lowest BCUT2D eigenvalue weighted by Gasteiger charge is -2.00. The highest BCUT2D eigenvalue weighted by atomic mass is 32.2.